The van der Waals surface area contributed by atoms with Gasteiger partial charge in [0.15, 0.2) is 0 Å². The van der Waals surface area contributed by atoms with Gasteiger partial charge in [0, 0.05) is 18.6 Å². The Morgan fingerprint density at radius 2 is 1.80 bits per heavy atom. The van der Waals surface area contributed by atoms with E-state index in [-0.39, 0.29) is 17.0 Å². The minimum atomic E-state index is -0.724. The van der Waals surface area contributed by atoms with Crippen LogP contribution in [-0.2, 0) is 9.59 Å². The smallest absolute Gasteiger partial charge is 0.149 e. The van der Waals surface area contributed by atoms with E-state index in [1.807, 2.05) is 20.8 Å². The second-order valence-corrected chi connectivity index (χ2v) is 5.16. The van der Waals surface area contributed by atoms with Crippen molar-refractivity contribution in [3.63, 3.8) is 0 Å². The minimum Gasteiger partial charge on any atom is -0.308 e. The first-order valence-corrected chi connectivity index (χ1v) is 5.50. The molecule has 0 atom stereocenters. The Morgan fingerprint density at radius 1 is 1.33 bits per heavy atom. The third-order valence-electron chi connectivity index (χ3n) is 2.82. The van der Waals surface area contributed by atoms with Crippen molar-refractivity contribution in [2.45, 2.75) is 46.5 Å². The summed E-state index contributed by atoms with van der Waals surface area (Å²) >= 11 is 0. The maximum Gasteiger partial charge on any atom is 0.149 e. The maximum atomic E-state index is 11.8. The van der Waals surface area contributed by atoms with Gasteiger partial charge in [-0.05, 0) is 11.8 Å². The lowest BCUT2D eigenvalue weighted by atomic mass is 9.70. The van der Waals surface area contributed by atoms with Crippen molar-refractivity contribution in [1.29, 1.82) is 5.41 Å². The topological polar surface area (TPSA) is 58.0 Å². The Kier molecular flexibility index (Phi) is 3.42. The van der Waals surface area contributed by atoms with Crippen molar-refractivity contribution in [2.75, 3.05) is 0 Å². The van der Waals surface area contributed by atoms with E-state index in [1.165, 1.54) is 0 Å². The second-order valence-electron chi connectivity index (χ2n) is 5.16. The van der Waals surface area contributed by atoms with Crippen molar-refractivity contribution in [1.82, 2.24) is 0 Å². The van der Waals surface area contributed by atoms with Gasteiger partial charge in [0.2, 0.25) is 0 Å². The molecule has 0 unspecified atom stereocenters. The highest BCUT2D eigenvalue weighted by Gasteiger charge is 2.41. The van der Waals surface area contributed by atoms with Crippen LogP contribution in [0.2, 0.25) is 0 Å². The molecule has 0 bridgehead atoms. The Morgan fingerprint density at radius 3 is 2.20 bits per heavy atom. The molecule has 0 amide bonds. The van der Waals surface area contributed by atoms with Gasteiger partial charge in [0.1, 0.15) is 17.5 Å². The van der Waals surface area contributed by atoms with E-state index in [2.05, 4.69) is 0 Å². The van der Waals surface area contributed by atoms with Crippen LogP contribution in [-0.4, -0.2) is 17.3 Å². The number of carbonyl (C=O) groups is 2. The van der Waals surface area contributed by atoms with Crippen molar-refractivity contribution in [2.24, 2.45) is 11.3 Å². The summed E-state index contributed by atoms with van der Waals surface area (Å²) in [7, 11) is 0. The second kappa shape index (κ2) is 4.25. The Hall–Kier alpha value is -0.990. The fourth-order valence-electron chi connectivity index (χ4n) is 2.19. The van der Waals surface area contributed by atoms with E-state index in [0.29, 0.717) is 25.0 Å². The van der Waals surface area contributed by atoms with Crippen LogP contribution >= 0.6 is 0 Å². The zero-order valence-electron chi connectivity index (χ0n) is 9.72. The van der Waals surface area contributed by atoms with Gasteiger partial charge >= 0.3 is 0 Å². The SMILES string of the molecule is CCCC(=N)C1C(=O)CC(C)(C)CC1=O. The number of Topliss-reactive ketones (excluding diaryl/α,β-unsaturated/α-hetero) is 2. The molecular weight excluding hydrogens is 190 g/mol. The number of hydrogen-bond donors (Lipinski definition) is 1. The highest BCUT2D eigenvalue weighted by Crippen LogP contribution is 2.34. The number of ketones is 2. The zero-order valence-corrected chi connectivity index (χ0v) is 9.72. The summed E-state index contributed by atoms with van der Waals surface area (Å²) in [6.07, 6.45) is 2.23. The summed E-state index contributed by atoms with van der Waals surface area (Å²) in [5.41, 5.74) is 0.0972. The molecule has 0 aliphatic heterocycles. The van der Waals surface area contributed by atoms with Crippen molar-refractivity contribution in [3.8, 4) is 0 Å². The normalized spacial score (nSPS) is 21.8. The van der Waals surface area contributed by atoms with Crippen LogP contribution in [0.25, 0.3) is 0 Å². The molecule has 0 aromatic rings. The van der Waals surface area contributed by atoms with E-state index in [9.17, 15) is 9.59 Å². The van der Waals surface area contributed by atoms with Gasteiger partial charge in [-0.2, -0.15) is 0 Å². The van der Waals surface area contributed by atoms with Gasteiger partial charge in [0.25, 0.3) is 0 Å². The Balaban J connectivity index is 2.80. The van der Waals surface area contributed by atoms with E-state index < -0.39 is 5.92 Å². The van der Waals surface area contributed by atoms with Crippen LogP contribution in [0.5, 0.6) is 0 Å². The predicted octanol–water partition coefficient (Wildman–Crippen LogP) is 2.38. The molecule has 15 heavy (non-hydrogen) atoms. The van der Waals surface area contributed by atoms with Gasteiger partial charge in [0.05, 0.1) is 0 Å². The lowest BCUT2D eigenvalue weighted by Crippen LogP contribution is -2.41. The van der Waals surface area contributed by atoms with Gasteiger partial charge < -0.3 is 5.41 Å². The monoisotopic (exact) mass is 209 g/mol. The molecule has 0 spiro atoms. The fraction of sp³-hybridized carbons (Fsp3) is 0.750. The van der Waals surface area contributed by atoms with Gasteiger partial charge in [-0.15, -0.1) is 0 Å². The summed E-state index contributed by atoms with van der Waals surface area (Å²) < 4.78 is 0. The third kappa shape index (κ3) is 2.74. The molecule has 0 aromatic carbocycles. The summed E-state index contributed by atoms with van der Waals surface area (Å²) in [4.78, 5) is 23.5. The fourth-order valence-corrected chi connectivity index (χ4v) is 2.19. The average Bonchev–Trinajstić information content (AvgIpc) is 1.99. The molecule has 0 radical (unpaired) electrons. The van der Waals surface area contributed by atoms with Gasteiger partial charge in [-0.25, -0.2) is 0 Å². The van der Waals surface area contributed by atoms with Crippen molar-refractivity contribution < 1.29 is 9.59 Å². The largest absolute Gasteiger partial charge is 0.308 e. The molecule has 1 rings (SSSR count). The molecule has 0 saturated heterocycles. The van der Waals surface area contributed by atoms with Crippen LogP contribution < -0.4 is 0 Å². The summed E-state index contributed by atoms with van der Waals surface area (Å²) in [5, 5.41) is 7.73. The lowest BCUT2D eigenvalue weighted by molar-refractivity contribution is -0.136. The minimum absolute atomic E-state index is 0.0605. The highest BCUT2D eigenvalue weighted by molar-refractivity contribution is 6.21. The zero-order chi connectivity index (χ0) is 11.6. The first kappa shape index (κ1) is 12.1. The van der Waals surface area contributed by atoms with Gasteiger partial charge in [-0.1, -0.05) is 27.2 Å². The Labute approximate surface area is 90.8 Å². The van der Waals surface area contributed by atoms with Crippen LogP contribution in [0.1, 0.15) is 46.5 Å². The van der Waals surface area contributed by atoms with Gasteiger partial charge in [-0.3, -0.25) is 9.59 Å². The molecule has 1 saturated carbocycles. The van der Waals surface area contributed by atoms with Crippen molar-refractivity contribution in [3.05, 3.63) is 0 Å². The lowest BCUT2D eigenvalue weighted by Gasteiger charge is -2.32. The predicted molar refractivity (Wildman–Crippen MR) is 59.2 cm³/mol. The first-order chi connectivity index (χ1) is 6.87. The van der Waals surface area contributed by atoms with Crippen molar-refractivity contribution >= 4 is 17.3 Å². The number of carbonyl (C=O) groups excluding carboxylic acids is 2. The van der Waals surface area contributed by atoms with Crippen LogP contribution in [0, 0.1) is 16.7 Å². The molecule has 0 aromatic heterocycles. The summed E-state index contributed by atoms with van der Waals surface area (Å²) in [6.45, 7) is 5.82. The van der Waals surface area contributed by atoms with E-state index in [0.717, 1.165) is 6.42 Å². The maximum absolute atomic E-state index is 11.8. The molecule has 84 valence electrons. The molecular formula is C12H19NO2. The van der Waals surface area contributed by atoms with Crippen LogP contribution in [0.3, 0.4) is 0 Å². The van der Waals surface area contributed by atoms with Crippen LogP contribution in [0.4, 0.5) is 0 Å². The Bertz CT molecular complexity index is 285. The first-order valence-electron chi connectivity index (χ1n) is 5.50. The molecule has 1 N–H and O–H groups in total. The van der Waals surface area contributed by atoms with E-state index >= 15 is 0 Å². The molecule has 3 heteroatoms. The quantitative estimate of drug-likeness (QED) is 0.573. The van der Waals surface area contributed by atoms with E-state index in [4.69, 9.17) is 5.41 Å². The molecule has 0 heterocycles. The third-order valence-corrected chi connectivity index (χ3v) is 2.82. The number of nitrogens with one attached hydrogen (secondary N) is 1. The number of rotatable bonds is 3. The molecule has 1 aliphatic carbocycles. The molecule has 3 nitrogen and oxygen atoms in total. The summed E-state index contributed by atoms with van der Waals surface area (Å²) in [5.74, 6) is -0.845. The standard InChI is InChI=1S/C12H19NO2/c1-4-5-8(13)11-9(14)6-12(2,3)7-10(11)15/h11,13H,4-7H2,1-3H3. The summed E-state index contributed by atoms with van der Waals surface area (Å²) in [6, 6.07) is 0. The highest BCUT2D eigenvalue weighted by atomic mass is 16.2. The number of hydrogen-bond acceptors (Lipinski definition) is 3. The molecule has 1 fully saturated rings. The average molecular weight is 209 g/mol. The van der Waals surface area contributed by atoms with Crippen LogP contribution in [0.15, 0.2) is 0 Å². The molecule has 1 aliphatic rings. The van der Waals surface area contributed by atoms with E-state index in [1.54, 1.807) is 0 Å².